The highest BCUT2D eigenvalue weighted by Crippen LogP contribution is 2.28. The molecule has 0 aliphatic rings. The lowest BCUT2D eigenvalue weighted by atomic mass is 9.83. The fraction of sp³-hybridized carbons (Fsp3) is 0.600. The van der Waals surface area contributed by atoms with Gasteiger partial charge in [-0.25, -0.2) is 0 Å². The minimum Gasteiger partial charge on any atom is -0.330 e. The van der Waals surface area contributed by atoms with E-state index in [9.17, 15) is 0 Å². The Labute approximate surface area is 105 Å². The van der Waals surface area contributed by atoms with Crippen molar-refractivity contribution in [2.75, 3.05) is 13.1 Å². The van der Waals surface area contributed by atoms with Crippen molar-refractivity contribution in [1.82, 2.24) is 0 Å². The van der Waals surface area contributed by atoms with Gasteiger partial charge in [0.2, 0.25) is 0 Å². The Morgan fingerprint density at radius 3 is 2.18 bits per heavy atom. The minimum atomic E-state index is 0.382. The van der Waals surface area contributed by atoms with E-state index >= 15 is 0 Å². The van der Waals surface area contributed by atoms with Crippen LogP contribution in [-0.4, -0.2) is 13.1 Å². The molecule has 1 rings (SSSR count). The molecule has 1 aromatic rings. The van der Waals surface area contributed by atoms with Gasteiger partial charge in [-0.2, -0.15) is 0 Å². The maximum Gasteiger partial charge on any atom is -0.00310 e. The predicted octanol–water partition coefficient (Wildman–Crippen LogP) is 2.45. The third-order valence-electron chi connectivity index (χ3n) is 3.80. The van der Waals surface area contributed by atoms with E-state index in [1.165, 1.54) is 16.7 Å². The van der Waals surface area contributed by atoms with Crippen LogP contribution in [0.15, 0.2) is 18.2 Å². The van der Waals surface area contributed by atoms with E-state index in [1.807, 2.05) is 0 Å². The van der Waals surface area contributed by atoms with Gasteiger partial charge in [0.1, 0.15) is 0 Å². The average molecular weight is 234 g/mol. The standard InChI is InChI=1S/C15H26N2/c1-4-12-6-7-13(5-2)15(8-12)11(3)14(9-16)10-17/h6-8,11,14H,4-5,9-10,16-17H2,1-3H3. The van der Waals surface area contributed by atoms with Crippen LogP contribution < -0.4 is 11.5 Å². The van der Waals surface area contributed by atoms with Gasteiger partial charge in [0.25, 0.3) is 0 Å². The molecule has 0 fully saturated rings. The second-order valence-electron chi connectivity index (χ2n) is 4.76. The molecule has 0 spiro atoms. The van der Waals surface area contributed by atoms with Gasteiger partial charge in [0.15, 0.2) is 0 Å². The zero-order valence-corrected chi connectivity index (χ0v) is 11.4. The van der Waals surface area contributed by atoms with E-state index in [0.29, 0.717) is 24.9 Å². The number of rotatable bonds is 6. The van der Waals surface area contributed by atoms with Crippen molar-refractivity contribution in [3.05, 3.63) is 34.9 Å². The van der Waals surface area contributed by atoms with Crippen molar-refractivity contribution < 1.29 is 0 Å². The molecule has 0 saturated carbocycles. The number of benzene rings is 1. The molecule has 1 atom stereocenters. The first kappa shape index (κ1) is 14.2. The molecule has 0 radical (unpaired) electrons. The van der Waals surface area contributed by atoms with Crippen molar-refractivity contribution in [1.29, 1.82) is 0 Å². The third kappa shape index (κ3) is 3.30. The molecule has 0 aliphatic heterocycles. The summed E-state index contributed by atoms with van der Waals surface area (Å²) >= 11 is 0. The van der Waals surface area contributed by atoms with Gasteiger partial charge in [0.05, 0.1) is 0 Å². The summed E-state index contributed by atoms with van der Waals surface area (Å²) in [5.41, 5.74) is 15.9. The summed E-state index contributed by atoms with van der Waals surface area (Å²) in [5, 5.41) is 0. The lowest BCUT2D eigenvalue weighted by Gasteiger charge is -2.24. The SMILES string of the molecule is CCc1ccc(CC)c(C(C)C(CN)CN)c1. The smallest absolute Gasteiger partial charge is 0.00310 e. The van der Waals surface area contributed by atoms with E-state index in [4.69, 9.17) is 11.5 Å². The Bertz CT molecular complexity index is 343. The molecule has 0 aliphatic carbocycles. The molecule has 96 valence electrons. The van der Waals surface area contributed by atoms with Gasteiger partial charge >= 0.3 is 0 Å². The van der Waals surface area contributed by atoms with Crippen LogP contribution in [0.2, 0.25) is 0 Å². The largest absolute Gasteiger partial charge is 0.330 e. The van der Waals surface area contributed by atoms with Gasteiger partial charge in [0, 0.05) is 0 Å². The number of aryl methyl sites for hydroxylation is 2. The Morgan fingerprint density at radius 1 is 1.06 bits per heavy atom. The number of hydrogen-bond donors (Lipinski definition) is 2. The molecule has 0 bridgehead atoms. The number of hydrogen-bond acceptors (Lipinski definition) is 2. The molecule has 0 heterocycles. The summed E-state index contributed by atoms with van der Waals surface area (Å²) in [6.07, 6.45) is 2.16. The molecule has 2 heteroatoms. The second-order valence-corrected chi connectivity index (χ2v) is 4.76. The van der Waals surface area contributed by atoms with E-state index in [2.05, 4.69) is 39.0 Å². The highest BCUT2D eigenvalue weighted by Gasteiger charge is 2.18. The Morgan fingerprint density at radius 2 is 1.71 bits per heavy atom. The van der Waals surface area contributed by atoms with Crippen molar-refractivity contribution in [2.24, 2.45) is 17.4 Å². The first-order valence-electron chi connectivity index (χ1n) is 6.69. The van der Waals surface area contributed by atoms with Crippen LogP contribution in [0.5, 0.6) is 0 Å². The van der Waals surface area contributed by atoms with Crippen LogP contribution >= 0.6 is 0 Å². The molecular formula is C15H26N2. The van der Waals surface area contributed by atoms with Gasteiger partial charge in [-0.15, -0.1) is 0 Å². The summed E-state index contributed by atoms with van der Waals surface area (Å²) < 4.78 is 0. The molecule has 4 N–H and O–H groups in total. The van der Waals surface area contributed by atoms with Crippen LogP contribution in [0.3, 0.4) is 0 Å². The zero-order chi connectivity index (χ0) is 12.8. The molecule has 0 amide bonds. The maximum atomic E-state index is 5.80. The van der Waals surface area contributed by atoms with E-state index in [1.54, 1.807) is 0 Å². The first-order chi connectivity index (χ1) is 8.17. The third-order valence-corrected chi connectivity index (χ3v) is 3.80. The molecule has 0 aromatic heterocycles. The van der Waals surface area contributed by atoms with Crippen molar-refractivity contribution in [3.63, 3.8) is 0 Å². The van der Waals surface area contributed by atoms with Crippen molar-refractivity contribution in [2.45, 2.75) is 39.5 Å². The Hall–Kier alpha value is -0.860. The second kappa shape index (κ2) is 6.77. The summed E-state index contributed by atoms with van der Waals surface area (Å²) in [7, 11) is 0. The van der Waals surface area contributed by atoms with Crippen molar-refractivity contribution in [3.8, 4) is 0 Å². The van der Waals surface area contributed by atoms with Crippen LogP contribution in [-0.2, 0) is 12.8 Å². The lowest BCUT2D eigenvalue weighted by molar-refractivity contribution is 0.464. The van der Waals surface area contributed by atoms with Gasteiger partial charge in [-0.05, 0) is 54.5 Å². The summed E-state index contributed by atoms with van der Waals surface area (Å²) in [6, 6.07) is 6.82. The average Bonchev–Trinajstić information content (AvgIpc) is 2.39. The molecule has 1 unspecified atom stereocenters. The molecule has 1 aromatic carbocycles. The normalized spacial score (nSPS) is 13.1. The zero-order valence-electron chi connectivity index (χ0n) is 11.4. The topological polar surface area (TPSA) is 52.0 Å². The molecular weight excluding hydrogens is 208 g/mol. The van der Waals surface area contributed by atoms with Crippen LogP contribution in [0.25, 0.3) is 0 Å². The quantitative estimate of drug-likeness (QED) is 0.794. The van der Waals surface area contributed by atoms with Gasteiger partial charge < -0.3 is 11.5 Å². The molecule has 17 heavy (non-hydrogen) atoms. The predicted molar refractivity (Wildman–Crippen MR) is 75.2 cm³/mol. The first-order valence-corrected chi connectivity index (χ1v) is 6.69. The monoisotopic (exact) mass is 234 g/mol. The minimum absolute atomic E-state index is 0.382. The van der Waals surface area contributed by atoms with E-state index < -0.39 is 0 Å². The van der Waals surface area contributed by atoms with Gasteiger partial charge in [-0.3, -0.25) is 0 Å². The Balaban J connectivity index is 3.08. The fourth-order valence-corrected chi connectivity index (χ4v) is 2.37. The van der Waals surface area contributed by atoms with Crippen LogP contribution in [0.4, 0.5) is 0 Å². The maximum absolute atomic E-state index is 5.80. The van der Waals surface area contributed by atoms with Crippen LogP contribution in [0.1, 0.15) is 43.4 Å². The molecule has 0 saturated heterocycles. The van der Waals surface area contributed by atoms with Crippen molar-refractivity contribution >= 4 is 0 Å². The summed E-state index contributed by atoms with van der Waals surface area (Å²) in [5.74, 6) is 0.832. The summed E-state index contributed by atoms with van der Waals surface area (Å²) in [6.45, 7) is 7.97. The highest BCUT2D eigenvalue weighted by atomic mass is 14.6. The highest BCUT2D eigenvalue weighted by molar-refractivity contribution is 5.35. The number of nitrogens with two attached hydrogens (primary N) is 2. The Kier molecular flexibility index (Phi) is 5.66. The summed E-state index contributed by atoms with van der Waals surface area (Å²) in [4.78, 5) is 0. The lowest BCUT2D eigenvalue weighted by Crippen LogP contribution is -2.28. The fourth-order valence-electron chi connectivity index (χ4n) is 2.37. The van der Waals surface area contributed by atoms with Gasteiger partial charge in [-0.1, -0.05) is 39.0 Å². The van der Waals surface area contributed by atoms with E-state index in [0.717, 1.165) is 12.8 Å². The van der Waals surface area contributed by atoms with E-state index in [-0.39, 0.29) is 0 Å². The molecule has 2 nitrogen and oxygen atoms in total. The van der Waals surface area contributed by atoms with Crippen LogP contribution in [0, 0.1) is 5.92 Å².